The van der Waals surface area contributed by atoms with Crippen molar-refractivity contribution in [3.63, 3.8) is 0 Å². The summed E-state index contributed by atoms with van der Waals surface area (Å²) in [5.41, 5.74) is 7.89. The molecule has 0 spiro atoms. The Morgan fingerprint density at radius 2 is 0.860 bits per heavy atom. The van der Waals surface area contributed by atoms with Gasteiger partial charge in [0.05, 0.1) is 0 Å². The second-order valence-electron chi connectivity index (χ2n) is 9.87. The van der Waals surface area contributed by atoms with Crippen molar-refractivity contribution in [1.29, 1.82) is 0 Å². The van der Waals surface area contributed by atoms with Crippen LogP contribution in [0.15, 0.2) is 121 Å². The zero-order valence-electron chi connectivity index (χ0n) is 26.9. The molecule has 1 fully saturated rings. The van der Waals surface area contributed by atoms with Gasteiger partial charge < -0.3 is 29.7 Å². The first-order chi connectivity index (χ1) is 18.2. The zero-order chi connectivity index (χ0) is 25.5. The van der Waals surface area contributed by atoms with Crippen LogP contribution in [0.1, 0.15) is 24.0 Å². The van der Waals surface area contributed by atoms with E-state index in [1.807, 2.05) is 0 Å². The van der Waals surface area contributed by atoms with Gasteiger partial charge in [0, 0.05) is 61.2 Å². The summed E-state index contributed by atoms with van der Waals surface area (Å²) in [6, 6.07) is 46.2. The molecule has 0 N–H and O–H groups in total. The summed E-state index contributed by atoms with van der Waals surface area (Å²) in [7, 11) is 1.31. The Hall–Kier alpha value is -1.94. The monoisotopic (exact) mass is 914 g/mol. The van der Waals surface area contributed by atoms with Crippen molar-refractivity contribution in [2.24, 2.45) is 0 Å². The summed E-state index contributed by atoms with van der Waals surface area (Å²) in [6.45, 7) is 4.30. The molecule has 1 heterocycles. The number of benzene rings is 4. The normalized spacial score (nSPS) is 10.8. The minimum atomic E-state index is 0. The third-order valence-corrected chi connectivity index (χ3v) is 8.33. The van der Waals surface area contributed by atoms with E-state index >= 15 is 0 Å². The van der Waals surface area contributed by atoms with Crippen LogP contribution in [0.25, 0.3) is 43.8 Å². The van der Waals surface area contributed by atoms with Gasteiger partial charge in [0.1, 0.15) is 0 Å². The van der Waals surface area contributed by atoms with Crippen LogP contribution in [-0.4, -0.2) is 9.52 Å². The second-order valence-corrected chi connectivity index (χ2v) is 11.4. The number of hydrogen-bond donors (Lipinski definition) is 0. The van der Waals surface area contributed by atoms with E-state index in [4.69, 9.17) is 0 Å². The molecule has 6 aromatic carbocycles. The number of rotatable bonds is 2. The van der Waals surface area contributed by atoms with E-state index < -0.39 is 0 Å². The Morgan fingerprint density at radius 3 is 1.19 bits per heavy atom. The van der Waals surface area contributed by atoms with Crippen molar-refractivity contribution < 1.29 is 51.7 Å². The van der Waals surface area contributed by atoms with Crippen molar-refractivity contribution >= 4 is 31.1 Å². The fraction of sp³-hybridized carbons (Fsp3) is 0.150. The predicted octanol–water partition coefficient (Wildman–Crippen LogP) is 12.2. The predicted molar refractivity (Wildman–Crippen MR) is 190 cm³/mol. The van der Waals surface area contributed by atoms with Crippen LogP contribution in [0.2, 0.25) is 12.1 Å². The van der Waals surface area contributed by atoms with Crippen molar-refractivity contribution in [1.82, 2.24) is 0 Å². The van der Waals surface area contributed by atoms with Crippen LogP contribution in [-0.2, 0) is 51.7 Å². The van der Waals surface area contributed by atoms with Crippen molar-refractivity contribution in [2.45, 2.75) is 38.8 Å². The van der Waals surface area contributed by atoms with Gasteiger partial charge in [0.2, 0.25) is 0 Å². The molecule has 0 nitrogen and oxygen atoms in total. The third kappa shape index (κ3) is 11.5. The van der Waals surface area contributed by atoms with E-state index in [0.717, 1.165) is 0 Å². The average molecular weight is 912 g/mol. The Bertz CT molecular complexity index is 1440. The smallest absolute Gasteiger partial charge is 0.0377 e. The fourth-order valence-electron chi connectivity index (χ4n) is 5.13. The standard InChI is InChI=1S/2C16H13.C4H8Si.4CH3.2Hf/c2*1-12-10-14-8-5-9-15(16(14)11-12)13-6-3-2-4-7-13;1-2-4-5-3-1;;;;;;/h2*2-11H,1H3;1-4H2;4*1H3;;/q2*-1;;4*-1;;. The maximum Gasteiger partial charge on any atom is 0.0377 e. The first-order valence-electron chi connectivity index (χ1n) is 13.3. The van der Waals surface area contributed by atoms with E-state index in [-0.39, 0.29) is 81.4 Å². The van der Waals surface area contributed by atoms with Crippen molar-refractivity contribution in [3.8, 4) is 22.3 Å². The fourth-order valence-corrected chi connectivity index (χ4v) is 6.38. The van der Waals surface area contributed by atoms with Gasteiger partial charge in [-0.2, -0.15) is 12.1 Å². The summed E-state index contributed by atoms with van der Waals surface area (Å²) in [5, 5.41) is 5.37. The quantitative estimate of drug-likeness (QED) is 0.120. The minimum absolute atomic E-state index is 0. The third-order valence-electron chi connectivity index (χ3n) is 6.92. The molecule has 0 aliphatic carbocycles. The molecule has 0 unspecified atom stereocenters. The number of hydrogen-bond acceptors (Lipinski definition) is 0. The Balaban J connectivity index is 0. The molecule has 1 aliphatic heterocycles. The molecule has 2 radical (unpaired) electrons. The van der Waals surface area contributed by atoms with Gasteiger partial charge in [-0.05, 0) is 11.1 Å². The van der Waals surface area contributed by atoms with Crippen molar-refractivity contribution in [3.05, 3.63) is 162 Å². The first kappa shape index (κ1) is 43.2. The maximum absolute atomic E-state index is 2.26. The molecule has 43 heavy (non-hydrogen) atoms. The van der Waals surface area contributed by atoms with Crippen LogP contribution < -0.4 is 0 Å². The molecule has 0 atom stereocenters. The largest absolute Gasteiger partial charge is 0.358 e. The molecular formula is C40H46Hf2Si-6. The van der Waals surface area contributed by atoms with Crippen LogP contribution in [0, 0.1) is 43.6 Å². The molecule has 0 aromatic heterocycles. The van der Waals surface area contributed by atoms with Gasteiger partial charge in [-0.25, -0.2) is 0 Å². The van der Waals surface area contributed by atoms with Gasteiger partial charge in [0.25, 0.3) is 0 Å². The van der Waals surface area contributed by atoms with Gasteiger partial charge in [-0.15, -0.1) is 69.1 Å². The molecule has 7 rings (SSSR count). The summed E-state index contributed by atoms with van der Waals surface area (Å²) < 4.78 is 0. The minimum Gasteiger partial charge on any atom is -0.358 e. The summed E-state index contributed by atoms with van der Waals surface area (Å²) >= 11 is 0. The van der Waals surface area contributed by atoms with Crippen LogP contribution >= 0.6 is 0 Å². The molecule has 0 bridgehead atoms. The van der Waals surface area contributed by atoms with Gasteiger partial charge in [-0.1, -0.05) is 123 Å². The van der Waals surface area contributed by atoms with E-state index in [1.165, 1.54) is 89.4 Å². The summed E-state index contributed by atoms with van der Waals surface area (Å²) in [6.07, 6.45) is 3.02. The molecule has 6 aromatic rings. The summed E-state index contributed by atoms with van der Waals surface area (Å²) in [4.78, 5) is 0. The molecule has 3 heteroatoms. The number of aryl methyl sites for hydroxylation is 2. The van der Waals surface area contributed by atoms with E-state index in [9.17, 15) is 0 Å². The van der Waals surface area contributed by atoms with E-state index in [1.54, 1.807) is 0 Å². The first-order valence-corrected chi connectivity index (χ1v) is 14.7. The Kier molecular flexibility index (Phi) is 21.8. The van der Waals surface area contributed by atoms with Gasteiger partial charge in [-0.3, -0.25) is 0 Å². The van der Waals surface area contributed by atoms with Crippen LogP contribution in [0.5, 0.6) is 0 Å². The van der Waals surface area contributed by atoms with Gasteiger partial charge >= 0.3 is 0 Å². The molecular weight excluding hydrogens is 866 g/mol. The van der Waals surface area contributed by atoms with Gasteiger partial charge in [0.15, 0.2) is 0 Å². The SMILES string of the molecule is C1CC[Si]C1.Cc1cc2c(-c3ccccc3)cccc2[cH-]1.Cc1cc2c(-c3ccccc3)cccc2[cH-]1.[CH3-].[CH3-].[CH3-].[CH3-].[Hf].[Hf]. The van der Waals surface area contributed by atoms with Crippen molar-refractivity contribution in [2.75, 3.05) is 0 Å². The van der Waals surface area contributed by atoms with Crippen LogP contribution in [0.3, 0.4) is 0 Å². The second kappa shape index (κ2) is 21.7. The summed E-state index contributed by atoms with van der Waals surface area (Å²) in [5.74, 6) is 0. The van der Waals surface area contributed by atoms with Crippen LogP contribution in [0.4, 0.5) is 0 Å². The Morgan fingerprint density at radius 1 is 0.488 bits per heavy atom. The molecule has 1 saturated heterocycles. The maximum atomic E-state index is 2.26. The number of fused-ring (bicyclic) bond motifs is 2. The van der Waals surface area contributed by atoms with E-state index in [0.29, 0.717) is 0 Å². The Labute approximate surface area is 303 Å². The molecule has 0 saturated carbocycles. The van der Waals surface area contributed by atoms with E-state index in [2.05, 4.69) is 135 Å². The molecule has 0 amide bonds. The average Bonchev–Trinajstić information content (AvgIpc) is 3.70. The molecule has 224 valence electrons. The zero-order valence-corrected chi connectivity index (χ0v) is 35.1. The topological polar surface area (TPSA) is 0 Å². The molecule has 1 aliphatic rings.